The number of thiophene rings is 1. The number of hydrogen-bond donors (Lipinski definition) is 2. The van der Waals surface area contributed by atoms with Gasteiger partial charge in [-0.25, -0.2) is 14.8 Å². The first kappa shape index (κ1) is 20.1. The summed E-state index contributed by atoms with van der Waals surface area (Å²) in [6.07, 6.45) is 2.00. The van der Waals surface area contributed by atoms with Crippen molar-refractivity contribution in [3.8, 4) is 11.3 Å². The topological polar surface area (TPSA) is 75.1 Å². The van der Waals surface area contributed by atoms with Gasteiger partial charge >= 0.3 is 5.97 Å². The van der Waals surface area contributed by atoms with Crippen LogP contribution in [0.4, 0.5) is 0 Å². The average molecular weight is 450 g/mol. The molecule has 0 saturated carbocycles. The zero-order valence-electron chi connectivity index (χ0n) is 16.6. The molecule has 0 atom stereocenters. The summed E-state index contributed by atoms with van der Waals surface area (Å²) >= 11 is 7.66. The SMILES string of the molecule is O=C(O)c1nc(-c2ccc(C3(c4ccc(Cl)cc4)CCNCC3)cc2)c2sccc2n1. The second-order valence-corrected chi connectivity index (χ2v) is 9.10. The fourth-order valence-corrected chi connectivity index (χ4v) is 5.44. The van der Waals surface area contributed by atoms with Gasteiger partial charge in [0.15, 0.2) is 0 Å². The summed E-state index contributed by atoms with van der Waals surface area (Å²) in [5, 5.41) is 15.5. The Labute approximate surface area is 188 Å². The molecule has 5 nitrogen and oxygen atoms in total. The molecular formula is C24H20ClN3O2S. The number of nitrogens with zero attached hydrogens (tertiary/aromatic N) is 2. The Morgan fingerprint density at radius 3 is 2.26 bits per heavy atom. The Hall–Kier alpha value is -2.80. The molecule has 0 radical (unpaired) electrons. The number of rotatable bonds is 4. The first-order valence-corrected chi connectivity index (χ1v) is 11.4. The highest BCUT2D eigenvalue weighted by Gasteiger charge is 2.35. The summed E-state index contributed by atoms with van der Waals surface area (Å²) < 4.78 is 0.895. The van der Waals surface area contributed by atoms with Gasteiger partial charge in [-0.15, -0.1) is 11.3 Å². The van der Waals surface area contributed by atoms with E-state index in [9.17, 15) is 9.90 Å². The van der Waals surface area contributed by atoms with Crippen LogP contribution in [0.5, 0.6) is 0 Å². The van der Waals surface area contributed by atoms with Gasteiger partial charge in [-0.05, 0) is 60.6 Å². The Morgan fingerprint density at radius 1 is 0.968 bits per heavy atom. The van der Waals surface area contributed by atoms with E-state index in [0.29, 0.717) is 11.2 Å². The van der Waals surface area contributed by atoms with Gasteiger partial charge in [-0.1, -0.05) is 48.0 Å². The molecule has 2 aromatic heterocycles. The van der Waals surface area contributed by atoms with Gasteiger partial charge in [-0.2, -0.15) is 0 Å². The van der Waals surface area contributed by atoms with Crippen LogP contribution in [0.3, 0.4) is 0 Å². The van der Waals surface area contributed by atoms with Crippen molar-refractivity contribution in [3.05, 3.63) is 82.0 Å². The van der Waals surface area contributed by atoms with Crippen molar-refractivity contribution in [2.45, 2.75) is 18.3 Å². The van der Waals surface area contributed by atoms with E-state index in [1.54, 1.807) is 0 Å². The van der Waals surface area contributed by atoms with Crippen LogP contribution in [0.15, 0.2) is 60.0 Å². The molecule has 0 aliphatic carbocycles. The predicted octanol–water partition coefficient (Wildman–Crippen LogP) is 5.38. The quantitative estimate of drug-likeness (QED) is 0.437. The maximum atomic E-state index is 11.5. The Bertz CT molecular complexity index is 1250. The molecule has 31 heavy (non-hydrogen) atoms. The number of aromatic carboxylic acids is 1. The van der Waals surface area contributed by atoms with Crippen LogP contribution in [0.25, 0.3) is 21.5 Å². The molecular weight excluding hydrogens is 430 g/mol. The third kappa shape index (κ3) is 3.61. The highest BCUT2D eigenvalue weighted by atomic mass is 35.5. The average Bonchev–Trinajstić information content (AvgIpc) is 3.28. The minimum Gasteiger partial charge on any atom is -0.475 e. The normalized spacial score (nSPS) is 15.8. The van der Waals surface area contributed by atoms with Gasteiger partial charge in [0.1, 0.15) is 0 Å². The molecule has 0 spiro atoms. The van der Waals surface area contributed by atoms with Gasteiger partial charge in [0.2, 0.25) is 5.82 Å². The second kappa shape index (κ2) is 8.04. The fraction of sp³-hybridized carbons (Fsp3) is 0.208. The molecule has 0 bridgehead atoms. The molecule has 7 heteroatoms. The molecule has 1 aliphatic rings. The zero-order chi connectivity index (χ0) is 21.4. The zero-order valence-corrected chi connectivity index (χ0v) is 18.2. The van der Waals surface area contributed by atoms with Crippen LogP contribution in [-0.2, 0) is 5.41 Å². The third-order valence-corrected chi connectivity index (χ3v) is 7.22. The number of fused-ring (bicyclic) bond motifs is 1. The van der Waals surface area contributed by atoms with Crippen molar-refractivity contribution in [2.24, 2.45) is 0 Å². The maximum absolute atomic E-state index is 11.5. The van der Waals surface area contributed by atoms with Crippen LogP contribution >= 0.6 is 22.9 Å². The highest BCUT2D eigenvalue weighted by Crippen LogP contribution is 2.41. The lowest BCUT2D eigenvalue weighted by Gasteiger charge is -2.39. The van der Waals surface area contributed by atoms with Crippen molar-refractivity contribution in [1.82, 2.24) is 15.3 Å². The second-order valence-electron chi connectivity index (χ2n) is 7.75. The predicted molar refractivity (Wildman–Crippen MR) is 124 cm³/mol. The van der Waals surface area contributed by atoms with Crippen molar-refractivity contribution >= 4 is 39.1 Å². The van der Waals surface area contributed by atoms with Gasteiger partial charge in [0.25, 0.3) is 0 Å². The summed E-state index contributed by atoms with van der Waals surface area (Å²) in [5.41, 5.74) is 4.64. The van der Waals surface area contributed by atoms with E-state index in [4.69, 9.17) is 11.6 Å². The Balaban J connectivity index is 1.59. The number of piperidine rings is 1. The molecule has 0 amide bonds. The third-order valence-electron chi connectivity index (χ3n) is 6.06. The van der Waals surface area contributed by atoms with Crippen LogP contribution in [0, 0.1) is 0 Å². The van der Waals surface area contributed by atoms with E-state index in [-0.39, 0.29) is 11.2 Å². The molecule has 1 saturated heterocycles. The summed E-state index contributed by atoms with van der Waals surface area (Å²) in [6, 6.07) is 18.4. The summed E-state index contributed by atoms with van der Waals surface area (Å²) in [5.74, 6) is -1.30. The number of carboxylic acid groups (broad SMARTS) is 1. The number of halogens is 1. The number of hydrogen-bond acceptors (Lipinski definition) is 5. The maximum Gasteiger partial charge on any atom is 0.373 e. The molecule has 1 aliphatic heterocycles. The lowest BCUT2D eigenvalue weighted by atomic mass is 9.68. The lowest BCUT2D eigenvalue weighted by Crippen LogP contribution is -2.40. The van der Waals surface area contributed by atoms with Gasteiger partial charge in [-0.3, -0.25) is 0 Å². The van der Waals surface area contributed by atoms with Gasteiger partial charge in [0, 0.05) is 16.0 Å². The van der Waals surface area contributed by atoms with Crippen LogP contribution < -0.4 is 5.32 Å². The van der Waals surface area contributed by atoms with Crippen LogP contribution in [0.2, 0.25) is 5.02 Å². The van der Waals surface area contributed by atoms with E-state index in [1.807, 2.05) is 35.7 Å². The first-order valence-electron chi connectivity index (χ1n) is 10.1. The van der Waals surface area contributed by atoms with E-state index in [1.165, 1.54) is 22.5 Å². The molecule has 5 rings (SSSR count). The first-order chi connectivity index (χ1) is 15.1. The monoisotopic (exact) mass is 449 g/mol. The van der Waals surface area contributed by atoms with Crippen molar-refractivity contribution in [1.29, 1.82) is 0 Å². The number of nitrogens with one attached hydrogen (secondary N) is 1. The van der Waals surface area contributed by atoms with Gasteiger partial charge < -0.3 is 10.4 Å². The molecule has 156 valence electrons. The van der Waals surface area contributed by atoms with Crippen LogP contribution in [-0.4, -0.2) is 34.1 Å². The van der Waals surface area contributed by atoms with Crippen molar-refractivity contribution in [2.75, 3.05) is 13.1 Å². The minimum absolute atomic E-state index is 0.0789. The fourth-order valence-electron chi connectivity index (χ4n) is 4.47. The Morgan fingerprint density at radius 2 is 1.61 bits per heavy atom. The van der Waals surface area contributed by atoms with E-state index in [2.05, 4.69) is 39.6 Å². The molecule has 0 unspecified atom stereocenters. The van der Waals surface area contributed by atoms with Crippen molar-refractivity contribution in [3.63, 3.8) is 0 Å². The minimum atomic E-state index is -1.12. The molecule has 1 fully saturated rings. The molecule has 2 N–H and O–H groups in total. The number of aromatic nitrogens is 2. The molecule has 4 aromatic rings. The molecule has 3 heterocycles. The van der Waals surface area contributed by atoms with E-state index >= 15 is 0 Å². The highest BCUT2D eigenvalue weighted by molar-refractivity contribution is 7.17. The standard InChI is InChI=1S/C24H20ClN3O2S/c25-18-7-5-17(6-8-18)24(10-12-26-13-11-24)16-3-1-15(2-4-16)20-21-19(9-14-31-21)27-22(28-20)23(29)30/h1-9,14,26H,10-13H2,(H,29,30). The molecule has 2 aromatic carbocycles. The smallest absolute Gasteiger partial charge is 0.373 e. The van der Waals surface area contributed by atoms with Crippen LogP contribution in [0.1, 0.15) is 34.6 Å². The van der Waals surface area contributed by atoms with Crippen molar-refractivity contribution < 1.29 is 9.90 Å². The Kier molecular flexibility index (Phi) is 5.22. The summed E-state index contributed by atoms with van der Waals surface area (Å²) in [4.78, 5) is 20.0. The number of benzene rings is 2. The van der Waals surface area contributed by atoms with E-state index in [0.717, 1.165) is 41.2 Å². The summed E-state index contributed by atoms with van der Waals surface area (Å²) in [6.45, 7) is 1.90. The number of carboxylic acids is 1. The van der Waals surface area contributed by atoms with E-state index < -0.39 is 5.97 Å². The lowest BCUT2D eigenvalue weighted by molar-refractivity contribution is 0.0684. The largest absolute Gasteiger partial charge is 0.475 e. The number of carbonyl (C=O) groups is 1. The van der Waals surface area contributed by atoms with Gasteiger partial charge in [0.05, 0.1) is 15.9 Å². The summed E-state index contributed by atoms with van der Waals surface area (Å²) in [7, 11) is 0.